The molecule has 0 atom stereocenters. The highest BCUT2D eigenvalue weighted by atomic mass is 35.5. The Hall–Kier alpha value is -0.900. The molecule has 0 aliphatic carbocycles. The van der Waals surface area contributed by atoms with Crippen molar-refractivity contribution in [2.45, 2.75) is 13.3 Å². The summed E-state index contributed by atoms with van der Waals surface area (Å²) in [6, 6.07) is 1.41. The molecule has 1 aromatic rings. The number of halogens is 3. The molecule has 0 bridgehead atoms. The van der Waals surface area contributed by atoms with Gasteiger partial charge in [0.1, 0.15) is 5.69 Å². The summed E-state index contributed by atoms with van der Waals surface area (Å²) in [7, 11) is 1.37. The number of hydrogen-bond acceptors (Lipinski definition) is 2. The van der Waals surface area contributed by atoms with Gasteiger partial charge in [-0.2, -0.15) is 0 Å². The number of aromatic nitrogens is 1. The summed E-state index contributed by atoms with van der Waals surface area (Å²) in [5, 5.41) is -0.0340. The summed E-state index contributed by atoms with van der Waals surface area (Å²) in [6.45, 7) is 1.69. The van der Waals surface area contributed by atoms with Gasteiger partial charge >= 0.3 is 0 Å². The number of rotatable bonds is 2. The normalized spacial score (nSPS) is 10.6. The highest BCUT2D eigenvalue weighted by molar-refractivity contribution is 6.31. The Labute approximate surface area is 79.5 Å². The van der Waals surface area contributed by atoms with Gasteiger partial charge in [0.25, 0.3) is 6.43 Å². The first kappa shape index (κ1) is 10.2. The molecule has 0 radical (unpaired) electrons. The molecule has 0 aliphatic rings. The largest absolute Gasteiger partial charge is 0.481 e. The van der Waals surface area contributed by atoms with Gasteiger partial charge in [-0.1, -0.05) is 11.6 Å². The van der Waals surface area contributed by atoms with Gasteiger partial charge in [0.15, 0.2) is 0 Å². The molecule has 5 heteroatoms. The van der Waals surface area contributed by atoms with Crippen molar-refractivity contribution in [2.75, 3.05) is 7.11 Å². The van der Waals surface area contributed by atoms with E-state index in [1.807, 2.05) is 0 Å². The topological polar surface area (TPSA) is 22.1 Å². The minimum absolute atomic E-state index is 0.0340. The van der Waals surface area contributed by atoms with Gasteiger partial charge in [0.05, 0.1) is 12.1 Å². The third-order valence-electron chi connectivity index (χ3n) is 1.55. The van der Waals surface area contributed by atoms with Crippen molar-refractivity contribution in [3.8, 4) is 5.88 Å². The number of nitrogens with zero attached hydrogens (tertiary/aromatic N) is 1. The molecule has 0 aromatic carbocycles. The summed E-state index contributed by atoms with van der Waals surface area (Å²) in [5.41, 5.74) is 0.195. The van der Waals surface area contributed by atoms with E-state index >= 15 is 0 Å². The molecular formula is C8H8ClF2NO. The first-order valence-electron chi connectivity index (χ1n) is 3.55. The van der Waals surface area contributed by atoms with Crippen LogP contribution >= 0.6 is 11.6 Å². The summed E-state index contributed by atoms with van der Waals surface area (Å²) in [5.74, 6) is 0.180. The molecule has 0 aliphatic heterocycles. The predicted molar refractivity (Wildman–Crippen MR) is 45.5 cm³/mol. The number of methoxy groups -OCH3 is 1. The zero-order valence-corrected chi connectivity index (χ0v) is 7.90. The Kier molecular flexibility index (Phi) is 3.03. The van der Waals surface area contributed by atoms with E-state index in [1.54, 1.807) is 6.92 Å². The second-order valence-corrected chi connectivity index (χ2v) is 2.89. The molecule has 1 rings (SSSR count). The maximum atomic E-state index is 12.3. The molecule has 0 N–H and O–H groups in total. The second kappa shape index (κ2) is 3.87. The van der Waals surface area contributed by atoms with Crippen LogP contribution in [-0.4, -0.2) is 12.1 Å². The Morgan fingerprint density at radius 2 is 2.15 bits per heavy atom. The monoisotopic (exact) mass is 207 g/mol. The smallest absolute Gasteiger partial charge is 0.281 e. The average molecular weight is 208 g/mol. The number of aryl methyl sites for hydroxylation is 1. The molecule has 0 spiro atoms. The first-order chi connectivity index (χ1) is 6.06. The number of alkyl halides is 2. The summed E-state index contributed by atoms with van der Waals surface area (Å²) in [4.78, 5) is 3.59. The van der Waals surface area contributed by atoms with Gasteiger partial charge in [0.2, 0.25) is 5.88 Å². The third kappa shape index (κ3) is 2.06. The number of ether oxygens (including phenoxy) is 1. The highest BCUT2D eigenvalue weighted by Gasteiger charge is 2.16. The van der Waals surface area contributed by atoms with Crippen LogP contribution in [0.4, 0.5) is 8.78 Å². The lowest BCUT2D eigenvalue weighted by Gasteiger charge is -2.07. The van der Waals surface area contributed by atoms with Crippen LogP contribution in [0.2, 0.25) is 5.02 Å². The van der Waals surface area contributed by atoms with Crippen molar-refractivity contribution in [3.05, 3.63) is 22.3 Å². The van der Waals surface area contributed by atoms with Gasteiger partial charge in [0, 0.05) is 5.56 Å². The highest BCUT2D eigenvalue weighted by Crippen LogP contribution is 2.29. The van der Waals surface area contributed by atoms with E-state index in [0.717, 1.165) is 0 Å². The number of pyridine rings is 1. The zero-order valence-electron chi connectivity index (χ0n) is 7.14. The van der Waals surface area contributed by atoms with Crippen LogP contribution in [0.1, 0.15) is 17.7 Å². The van der Waals surface area contributed by atoms with Crippen molar-refractivity contribution in [2.24, 2.45) is 0 Å². The minimum Gasteiger partial charge on any atom is -0.481 e. The van der Waals surface area contributed by atoms with E-state index in [4.69, 9.17) is 16.3 Å². The van der Waals surface area contributed by atoms with E-state index in [9.17, 15) is 8.78 Å². The lowest BCUT2D eigenvalue weighted by atomic mass is 10.2. The molecule has 0 saturated heterocycles. The van der Waals surface area contributed by atoms with Crippen molar-refractivity contribution < 1.29 is 13.5 Å². The Morgan fingerprint density at radius 3 is 2.62 bits per heavy atom. The van der Waals surface area contributed by atoms with Crippen molar-refractivity contribution >= 4 is 11.6 Å². The zero-order chi connectivity index (χ0) is 10.0. The van der Waals surface area contributed by atoms with E-state index in [1.165, 1.54) is 13.2 Å². The van der Waals surface area contributed by atoms with Crippen molar-refractivity contribution in [3.63, 3.8) is 0 Å². The second-order valence-electron chi connectivity index (χ2n) is 2.48. The van der Waals surface area contributed by atoms with E-state index in [0.29, 0.717) is 5.56 Å². The Morgan fingerprint density at radius 1 is 1.54 bits per heavy atom. The molecule has 1 aromatic heterocycles. The molecule has 2 nitrogen and oxygen atoms in total. The molecular weight excluding hydrogens is 200 g/mol. The predicted octanol–water partition coefficient (Wildman–Crippen LogP) is 2.99. The van der Waals surface area contributed by atoms with Gasteiger partial charge in [-0.05, 0) is 13.0 Å². The summed E-state index contributed by atoms with van der Waals surface area (Å²) in [6.07, 6.45) is -2.68. The molecule has 72 valence electrons. The van der Waals surface area contributed by atoms with Gasteiger partial charge < -0.3 is 4.74 Å². The summed E-state index contributed by atoms with van der Waals surface area (Å²) < 4.78 is 29.3. The van der Waals surface area contributed by atoms with Crippen LogP contribution in [0.15, 0.2) is 6.07 Å². The van der Waals surface area contributed by atoms with Crippen LogP contribution in [0.5, 0.6) is 5.88 Å². The molecule has 0 fully saturated rings. The average Bonchev–Trinajstić information content (AvgIpc) is 2.03. The van der Waals surface area contributed by atoms with Crippen LogP contribution in [0.25, 0.3) is 0 Å². The van der Waals surface area contributed by atoms with Gasteiger partial charge in [-0.25, -0.2) is 13.8 Å². The van der Waals surface area contributed by atoms with Crippen molar-refractivity contribution in [1.29, 1.82) is 0 Å². The minimum atomic E-state index is -2.68. The molecule has 0 amide bonds. The van der Waals surface area contributed by atoms with E-state index in [2.05, 4.69) is 4.98 Å². The van der Waals surface area contributed by atoms with Crippen LogP contribution in [0, 0.1) is 6.92 Å². The molecule has 0 saturated carbocycles. The van der Waals surface area contributed by atoms with Crippen LogP contribution < -0.4 is 4.74 Å². The molecule has 0 unspecified atom stereocenters. The van der Waals surface area contributed by atoms with Gasteiger partial charge in [-0.3, -0.25) is 0 Å². The SMILES string of the molecule is COc1nc(C(F)F)c(Cl)cc1C. The van der Waals surface area contributed by atoms with E-state index < -0.39 is 12.1 Å². The fourth-order valence-corrected chi connectivity index (χ4v) is 1.22. The van der Waals surface area contributed by atoms with Crippen LogP contribution in [0.3, 0.4) is 0 Å². The lowest BCUT2D eigenvalue weighted by molar-refractivity contribution is 0.145. The Bertz CT molecular complexity index is 317. The van der Waals surface area contributed by atoms with Crippen LogP contribution in [-0.2, 0) is 0 Å². The number of hydrogen-bond donors (Lipinski definition) is 0. The fourth-order valence-electron chi connectivity index (χ4n) is 0.936. The molecule has 1 heterocycles. The maximum Gasteiger partial charge on any atom is 0.281 e. The lowest BCUT2D eigenvalue weighted by Crippen LogP contribution is -1.97. The van der Waals surface area contributed by atoms with Gasteiger partial charge in [-0.15, -0.1) is 0 Å². The fraction of sp³-hybridized carbons (Fsp3) is 0.375. The molecule has 13 heavy (non-hydrogen) atoms. The standard InChI is InChI=1S/C8H8ClF2NO/c1-4-3-5(9)6(7(10)11)12-8(4)13-2/h3,7H,1-2H3. The summed E-state index contributed by atoms with van der Waals surface area (Å²) >= 11 is 5.56. The Balaban J connectivity index is 3.22. The van der Waals surface area contributed by atoms with E-state index in [-0.39, 0.29) is 10.9 Å². The van der Waals surface area contributed by atoms with Crippen molar-refractivity contribution in [1.82, 2.24) is 4.98 Å². The third-order valence-corrected chi connectivity index (χ3v) is 1.85. The maximum absolute atomic E-state index is 12.3. The quantitative estimate of drug-likeness (QED) is 0.744. The first-order valence-corrected chi connectivity index (χ1v) is 3.93.